The summed E-state index contributed by atoms with van der Waals surface area (Å²) in [7, 11) is 0. The monoisotopic (exact) mass is 280 g/mol. The van der Waals surface area contributed by atoms with Gasteiger partial charge >= 0.3 is 0 Å². The van der Waals surface area contributed by atoms with E-state index in [9.17, 15) is 5.11 Å². The topological polar surface area (TPSA) is 47.9 Å². The lowest BCUT2D eigenvalue weighted by Gasteiger charge is -2.21. The van der Waals surface area contributed by atoms with Crippen molar-refractivity contribution in [1.29, 1.82) is 0 Å². The molecule has 0 radical (unpaired) electrons. The normalized spacial score (nSPS) is 16.0. The van der Waals surface area contributed by atoms with E-state index < -0.39 is 6.10 Å². The Hall–Kier alpha value is -1.26. The summed E-state index contributed by atoms with van der Waals surface area (Å²) in [4.78, 5) is 0. The second-order valence-electron chi connectivity index (χ2n) is 6.30. The third-order valence-corrected chi connectivity index (χ3v) is 3.22. The second kappa shape index (κ2) is 6.46. The standard InChI is InChI=1S/C16H24O4/c1-16(2,3)6-7-18-11-13(17)12-4-5-14-15(10-12)20-9-8-19-14/h4-5,10,13,17H,6-9,11H2,1-3H3. The number of fused-ring (bicyclic) bond motifs is 1. The van der Waals surface area contributed by atoms with Gasteiger partial charge < -0.3 is 19.3 Å². The van der Waals surface area contributed by atoms with E-state index in [1.54, 1.807) is 0 Å². The molecule has 1 unspecified atom stereocenters. The molecule has 0 aliphatic carbocycles. The molecule has 112 valence electrons. The van der Waals surface area contributed by atoms with E-state index in [4.69, 9.17) is 14.2 Å². The lowest BCUT2D eigenvalue weighted by atomic mass is 9.93. The molecule has 2 rings (SSSR count). The maximum Gasteiger partial charge on any atom is 0.161 e. The van der Waals surface area contributed by atoms with Crippen molar-refractivity contribution in [3.05, 3.63) is 23.8 Å². The number of ether oxygens (including phenoxy) is 3. The van der Waals surface area contributed by atoms with E-state index in [2.05, 4.69) is 20.8 Å². The summed E-state index contributed by atoms with van der Waals surface area (Å²) in [6.07, 6.45) is 0.340. The van der Waals surface area contributed by atoms with Gasteiger partial charge in [-0.3, -0.25) is 0 Å². The van der Waals surface area contributed by atoms with Crippen molar-refractivity contribution in [1.82, 2.24) is 0 Å². The minimum absolute atomic E-state index is 0.252. The van der Waals surface area contributed by atoms with Crippen LogP contribution in [0.15, 0.2) is 18.2 Å². The fourth-order valence-corrected chi connectivity index (χ4v) is 1.94. The van der Waals surface area contributed by atoms with Gasteiger partial charge in [-0.25, -0.2) is 0 Å². The highest BCUT2D eigenvalue weighted by atomic mass is 16.6. The van der Waals surface area contributed by atoms with Gasteiger partial charge in [-0.15, -0.1) is 0 Å². The Morgan fingerprint density at radius 2 is 1.90 bits per heavy atom. The van der Waals surface area contributed by atoms with Crippen LogP contribution in [0.3, 0.4) is 0 Å². The molecule has 1 N–H and O–H groups in total. The van der Waals surface area contributed by atoms with Gasteiger partial charge in [-0.05, 0) is 29.5 Å². The van der Waals surface area contributed by atoms with E-state index in [1.165, 1.54) is 0 Å². The molecular formula is C16H24O4. The Labute approximate surface area is 120 Å². The molecule has 1 aromatic rings. The Balaban J connectivity index is 1.84. The number of aliphatic hydroxyl groups is 1. The predicted molar refractivity (Wildman–Crippen MR) is 77.3 cm³/mol. The molecule has 0 bridgehead atoms. The zero-order valence-electron chi connectivity index (χ0n) is 12.5. The van der Waals surface area contributed by atoms with E-state index >= 15 is 0 Å². The van der Waals surface area contributed by atoms with Crippen molar-refractivity contribution in [2.75, 3.05) is 26.4 Å². The highest BCUT2D eigenvalue weighted by Crippen LogP contribution is 2.32. The number of aliphatic hydroxyl groups excluding tert-OH is 1. The molecule has 0 amide bonds. The Bertz CT molecular complexity index is 437. The predicted octanol–water partition coefficient (Wildman–Crippen LogP) is 2.94. The quantitative estimate of drug-likeness (QED) is 0.842. The first kappa shape index (κ1) is 15.1. The minimum atomic E-state index is -0.634. The van der Waals surface area contributed by atoms with Gasteiger partial charge in [-0.1, -0.05) is 26.8 Å². The van der Waals surface area contributed by atoms with Crippen molar-refractivity contribution in [2.45, 2.75) is 33.3 Å². The van der Waals surface area contributed by atoms with Crippen LogP contribution in [0.25, 0.3) is 0 Å². The smallest absolute Gasteiger partial charge is 0.161 e. The second-order valence-corrected chi connectivity index (χ2v) is 6.30. The van der Waals surface area contributed by atoms with Crippen molar-refractivity contribution in [3.63, 3.8) is 0 Å². The van der Waals surface area contributed by atoms with Crippen LogP contribution in [0.2, 0.25) is 0 Å². The van der Waals surface area contributed by atoms with E-state index in [-0.39, 0.29) is 5.41 Å². The zero-order chi connectivity index (χ0) is 14.6. The molecule has 4 nitrogen and oxygen atoms in total. The molecule has 0 fully saturated rings. The molecule has 0 saturated carbocycles. The molecule has 1 aromatic carbocycles. The van der Waals surface area contributed by atoms with E-state index in [0.717, 1.165) is 17.7 Å². The van der Waals surface area contributed by atoms with Crippen LogP contribution >= 0.6 is 0 Å². The van der Waals surface area contributed by atoms with Gasteiger partial charge in [0.15, 0.2) is 11.5 Å². The Morgan fingerprint density at radius 1 is 1.20 bits per heavy atom. The number of hydrogen-bond acceptors (Lipinski definition) is 4. The molecule has 4 heteroatoms. The molecule has 1 aliphatic heterocycles. The summed E-state index contributed by atoms with van der Waals surface area (Å²) < 4.78 is 16.5. The lowest BCUT2D eigenvalue weighted by Crippen LogP contribution is -2.16. The lowest BCUT2D eigenvalue weighted by molar-refractivity contribution is 0.0261. The third-order valence-electron chi connectivity index (χ3n) is 3.22. The highest BCUT2D eigenvalue weighted by Gasteiger charge is 2.16. The summed E-state index contributed by atoms with van der Waals surface area (Å²) in [6.45, 7) is 8.61. The zero-order valence-corrected chi connectivity index (χ0v) is 12.5. The van der Waals surface area contributed by atoms with Crippen LogP contribution in [0, 0.1) is 5.41 Å². The number of rotatable bonds is 5. The molecule has 1 aliphatic rings. The summed E-state index contributed by atoms with van der Waals surface area (Å²) in [5.74, 6) is 1.43. The van der Waals surface area contributed by atoms with Gasteiger partial charge in [0.1, 0.15) is 19.3 Å². The van der Waals surface area contributed by atoms with Crippen LogP contribution < -0.4 is 9.47 Å². The maximum absolute atomic E-state index is 10.1. The van der Waals surface area contributed by atoms with Gasteiger partial charge in [-0.2, -0.15) is 0 Å². The third kappa shape index (κ3) is 4.39. The molecule has 0 saturated heterocycles. The highest BCUT2D eigenvalue weighted by molar-refractivity contribution is 5.44. The van der Waals surface area contributed by atoms with Crippen LogP contribution in [0.5, 0.6) is 11.5 Å². The summed E-state index contributed by atoms with van der Waals surface area (Å²) in [6, 6.07) is 5.51. The Kier molecular flexibility index (Phi) is 4.89. The fraction of sp³-hybridized carbons (Fsp3) is 0.625. The van der Waals surface area contributed by atoms with E-state index in [1.807, 2.05) is 18.2 Å². The number of benzene rings is 1. The van der Waals surface area contributed by atoms with Crippen LogP contribution in [0.4, 0.5) is 0 Å². The molecule has 0 spiro atoms. The average Bonchev–Trinajstić information content (AvgIpc) is 2.42. The molecular weight excluding hydrogens is 256 g/mol. The average molecular weight is 280 g/mol. The molecule has 20 heavy (non-hydrogen) atoms. The first-order chi connectivity index (χ1) is 9.46. The maximum atomic E-state index is 10.1. The molecule has 0 aromatic heterocycles. The minimum Gasteiger partial charge on any atom is -0.486 e. The molecule has 1 heterocycles. The van der Waals surface area contributed by atoms with Gasteiger partial charge in [0.25, 0.3) is 0 Å². The fourth-order valence-electron chi connectivity index (χ4n) is 1.94. The van der Waals surface area contributed by atoms with Crippen molar-refractivity contribution >= 4 is 0 Å². The van der Waals surface area contributed by atoms with Crippen molar-refractivity contribution < 1.29 is 19.3 Å². The van der Waals surface area contributed by atoms with E-state index in [0.29, 0.717) is 32.2 Å². The summed E-state index contributed by atoms with van der Waals surface area (Å²) in [5.41, 5.74) is 1.05. The summed E-state index contributed by atoms with van der Waals surface area (Å²) >= 11 is 0. The van der Waals surface area contributed by atoms with Crippen LogP contribution in [0.1, 0.15) is 38.9 Å². The van der Waals surface area contributed by atoms with Crippen LogP contribution in [-0.4, -0.2) is 31.5 Å². The SMILES string of the molecule is CC(C)(C)CCOCC(O)c1ccc2c(c1)OCCO2. The summed E-state index contributed by atoms with van der Waals surface area (Å²) in [5, 5.41) is 10.1. The van der Waals surface area contributed by atoms with Gasteiger partial charge in [0, 0.05) is 6.61 Å². The van der Waals surface area contributed by atoms with Crippen LogP contribution in [-0.2, 0) is 4.74 Å². The van der Waals surface area contributed by atoms with Crippen molar-refractivity contribution in [2.24, 2.45) is 5.41 Å². The van der Waals surface area contributed by atoms with Gasteiger partial charge in [0.05, 0.1) is 6.61 Å². The first-order valence-electron chi connectivity index (χ1n) is 7.11. The molecule has 1 atom stereocenters. The van der Waals surface area contributed by atoms with Gasteiger partial charge in [0.2, 0.25) is 0 Å². The first-order valence-corrected chi connectivity index (χ1v) is 7.11. The largest absolute Gasteiger partial charge is 0.486 e. The Morgan fingerprint density at radius 3 is 2.60 bits per heavy atom. The van der Waals surface area contributed by atoms with Crippen molar-refractivity contribution in [3.8, 4) is 11.5 Å². The number of hydrogen-bond donors (Lipinski definition) is 1.